The number of fused-ring (bicyclic) bond motifs is 1. The number of hydrogen-bond acceptors (Lipinski definition) is 3. The molecular weight excluding hydrogens is 364 g/mol. The van der Waals surface area contributed by atoms with Crippen molar-refractivity contribution in [3.05, 3.63) is 66.1 Å². The van der Waals surface area contributed by atoms with E-state index in [9.17, 15) is 9.59 Å². The zero-order chi connectivity index (χ0) is 20.1. The monoisotopic (exact) mass is 390 g/mol. The smallest absolute Gasteiger partial charge is 0.246 e. The number of pyridine rings is 1. The highest BCUT2D eigenvalue weighted by Crippen LogP contribution is 2.25. The highest BCUT2D eigenvalue weighted by Gasteiger charge is 2.40. The van der Waals surface area contributed by atoms with Crippen molar-refractivity contribution in [1.82, 2.24) is 20.6 Å². The van der Waals surface area contributed by atoms with Crippen LogP contribution in [0.2, 0.25) is 0 Å². The fraction of sp³-hybridized carbons (Fsp3) is 0.348. The predicted molar refractivity (Wildman–Crippen MR) is 112 cm³/mol. The van der Waals surface area contributed by atoms with Crippen molar-refractivity contribution in [2.45, 2.75) is 44.1 Å². The van der Waals surface area contributed by atoms with Crippen LogP contribution in [-0.4, -0.2) is 33.9 Å². The Morgan fingerprint density at radius 2 is 2.07 bits per heavy atom. The van der Waals surface area contributed by atoms with Gasteiger partial charge in [-0.15, -0.1) is 0 Å². The molecule has 0 spiro atoms. The van der Waals surface area contributed by atoms with E-state index in [4.69, 9.17) is 0 Å². The van der Waals surface area contributed by atoms with Crippen LogP contribution in [0.25, 0.3) is 10.9 Å². The SMILES string of the molecule is O=C1CCCCC(Cc2cccnc2)(C(=O)NCCc2c[nH]c3ccccc23)N1. The fourth-order valence-electron chi connectivity index (χ4n) is 4.16. The molecule has 1 unspecified atom stereocenters. The molecule has 0 bridgehead atoms. The number of aromatic nitrogens is 2. The van der Waals surface area contributed by atoms with Gasteiger partial charge in [0.25, 0.3) is 0 Å². The Kier molecular flexibility index (Phi) is 5.60. The molecule has 29 heavy (non-hydrogen) atoms. The minimum absolute atomic E-state index is 0.0573. The number of aromatic amines is 1. The molecule has 0 saturated carbocycles. The summed E-state index contributed by atoms with van der Waals surface area (Å²) in [6.07, 6.45) is 9.40. The van der Waals surface area contributed by atoms with E-state index >= 15 is 0 Å². The number of amides is 2. The van der Waals surface area contributed by atoms with Crippen molar-refractivity contribution in [3.63, 3.8) is 0 Å². The number of para-hydroxylation sites is 1. The molecule has 6 heteroatoms. The maximum absolute atomic E-state index is 13.3. The standard InChI is InChI=1S/C23H26N4O2/c28-21-9-3-4-11-23(27-21,14-17-6-5-12-24-15-17)22(29)25-13-10-18-16-26-20-8-2-1-7-19(18)20/h1-2,5-8,12,15-16,26H,3-4,9-11,13-14H2,(H,25,29)(H,27,28). The van der Waals surface area contributed by atoms with Crippen molar-refractivity contribution in [2.75, 3.05) is 6.54 Å². The van der Waals surface area contributed by atoms with E-state index in [0.29, 0.717) is 25.8 Å². The molecular formula is C23H26N4O2. The molecule has 0 radical (unpaired) electrons. The van der Waals surface area contributed by atoms with Crippen LogP contribution >= 0.6 is 0 Å². The first-order valence-corrected chi connectivity index (χ1v) is 10.2. The lowest BCUT2D eigenvalue weighted by atomic mass is 9.86. The number of rotatable bonds is 6. The molecule has 3 aromatic rings. The van der Waals surface area contributed by atoms with E-state index in [1.165, 1.54) is 10.9 Å². The molecule has 0 aliphatic carbocycles. The van der Waals surface area contributed by atoms with Gasteiger partial charge in [0, 0.05) is 48.9 Å². The van der Waals surface area contributed by atoms with Gasteiger partial charge in [-0.2, -0.15) is 0 Å². The van der Waals surface area contributed by atoms with Gasteiger partial charge in [0.05, 0.1) is 0 Å². The zero-order valence-corrected chi connectivity index (χ0v) is 16.4. The number of carbonyl (C=O) groups is 2. The third kappa shape index (κ3) is 4.31. The summed E-state index contributed by atoms with van der Waals surface area (Å²) >= 11 is 0. The Balaban J connectivity index is 1.48. The van der Waals surface area contributed by atoms with Gasteiger partial charge in [-0.25, -0.2) is 0 Å². The summed E-state index contributed by atoms with van der Waals surface area (Å²) in [5, 5.41) is 7.28. The molecule has 1 aliphatic rings. The summed E-state index contributed by atoms with van der Waals surface area (Å²) in [6.45, 7) is 0.519. The van der Waals surface area contributed by atoms with Crippen LogP contribution in [0.4, 0.5) is 0 Å². The quantitative estimate of drug-likeness (QED) is 0.605. The largest absolute Gasteiger partial charge is 0.361 e. The Morgan fingerprint density at radius 1 is 1.17 bits per heavy atom. The third-order valence-corrected chi connectivity index (χ3v) is 5.65. The second-order valence-electron chi connectivity index (χ2n) is 7.74. The highest BCUT2D eigenvalue weighted by molar-refractivity contribution is 5.92. The van der Waals surface area contributed by atoms with Gasteiger partial charge in [0.2, 0.25) is 11.8 Å². The Morgan fingerprint density at radius 3 is 2.93 bits per heavy atom. The van der Waals surface area contributed by atoms with E-state index in [2.05, 4.69) is 26.7 Å². The predicted octanol–water partition coefficient (Wildman–Crippen LogP) is 2.89. The van der Waals surface area contributed by atoms with E-state index in [0.717, 1.165) is 30.3 Å². The van der Waals surface area contributed by atoms with Crippen LogP contribution in [0.1, 0.15) is 36.8 Å². The minimum atomic E-state index is -0.920. The molecule has 1 aliphatic heterocycles. The lowest BCUT2D eigenvalue weighted by Crippen LogP contribution is -2.59. The summed E-state index contributed by atoms with van der Waals surface area (Å²) in [6, 6.07) is 11.9. The van der Waals surface area contributed by atoms with Crippen LogP contribution in [-0.2, 0) is 22.4 Å². The van der Waals surface area contributed by atoms with Crippen LogP contribution < -0.4 is 10.6 Å². The molecule has 150 valence electrons. The van der Waals surface area contributed by atoms with Gasteiger partial charge < -0.3 is 15.6 Å². The molecule has 1 fully saturated rings. The van der Waals surface area contributed by atoms with Crippen molar-refractivity contribution in [2.24, 2.45) is 0 Å². The van der Waals surface area contributed by atoms with Crippen molar-refractivity contribution < 1.29 is 9.59 Å². The van der Waals surface area contributed by atoms with Crippen LogP contribution in [0.3, 0.4) is 0 Å². The van der Waals surface area contributed by atoms with E-state index in [1.807, 2.05) is 36.5 Å². The lowest BCUT2D eigenvalue weighted by molar-refractivity contribution is -0.133. The second kappa shape index (κ2) is 8.47. The number of hydrogen-bond donors (Lipinski definition) is 3. The molecule has 1 saturated heterocycles. The van der Waals surface area contributed by atoms with Gasteiger partial charge in [-0.05, 0) is 42.5 Å². The Bertz CT molecular complexity index is 998. The molecule has 2 aromatic heterocycles. The molecule has 1 atom stereocenters. The first-order chi connectivity index (χ1) is 14.2. The van der Waals surface area contributed by atoms with Crippen LogP contribution in [0, 0.1) is 0 Å². The van der Waals surface area contributed by atoms with Gasteiger partial charge in [-0.1, -0.05) is 30.7 Å². The first-order valence-electron chi connectivity index (χ1n) is 10.2. The topological polar surface area (TPSA) is 86.9 Å². The van der Waals surface area contributed by atoms with E-state index in [-0.39, 0.29) is 11.8 Å². The summed E-state index contributed by atoms with van der Waals surface area (Å²) in [7, 11) is 0. The normalized spacial score (nSPS) is 19.5. The van der Waals surface area contributed by atoms with Gasteiger partial charge in [0.1, 0.15) is 5.54 Å². The first kappa shape index (κ1) is 19.2. The molecule has 3 heterocycles. The van der Waals surface area contributed by atoms with Crippen molar-refractivity contribution >= 4 is 22.7 Å². The number of nitrogens with one attached hydrogen (secondary N) is 3. The second-order valence-corrected chi connectivity index (χ2v) is 7.74. The maximum Gasteiger partial charge on any atom is 0.246 e. The average molecular weight is 390 g/mol. The summed E-state index contributed by atoms with van der Waals surface area (Å²) in [5.41, 5.74) is 2.29. The number of nitrogens with zero attached hydrogens (tertiary/aromatic N) is 1. The van der Waals surface area contributed by atoms with Crippen molar-refractivity contribution in [1.29, 1.82) is 0 Å². The molecule has 2 amide bonds. The maximum atomic E-state index is 13.3. The number of H-pyrrole nitrogens is 1. The minimum Gasteiger partial charge on any atom is -0.361 e. The van der Waals surface area contributed by atoms with Gasteiger partial charge >= 0.3 is 0 Å². The molecule has 6 nitrogen and oxygen atoms in total. The Labute approximate surface area is 170 Å². The average Bonchev–Trinajstić information content (AvgIpc) is 3.05. The van der Waals surface area contributed by atoms with Crippen molar-refractivity contribution in [3.8, 4) is 0 Å². The molecule has 1 aromatic carbocycles. The highest BCUT2D eigenvalue weighted by atomic mass is 16.2. The van der Waals surface area contributed by atoms with Gasteiger partial charge in [-0.3, -0.25) is 14.6 Å². The number of carbonyl (C=O) groups excluding carboxylic acids is 2. The van der Waals surface area contributed by atoms with E-state index in [1.54, 1.807) is 12.4 Å². The third-order valence-electron chi connectivity index (χ3n) is 5.65. The summed E-state index contributed by atoms with van der Waals surface area (Å²) in [5.74, 6) is -0.172. The fourth-order valence-corrected chi connectivity index (χ4v) is 4.16. The van der Waals surface area contributed by atoms with Crippen LogP contribution in [0.5, 0.6) is 0 Å². The summed E-state index contributed by atoms with van der Waals surface area (Å²) in [4.78, 5) is 33.0. The molecule has 4 rings (SSSR count). The van der Waals surface area contributed by atoms with Gasteiger partial charge in [0.15, 0.2) is 0 Å². The van der Waals surface area contributed by atoms with E-state index < -0.39 is 5.54 Å². The summed E-state index contributed by atoms with van der Waals surface area (Å²) < 4.78 is 0. The lowest BCUT2D eigenvalue weighted by Gasteiger charge is -2.32. The zero-order valence-electron chi connectivity index (χ0n) is 16.4. The van der Waals surface area contributed by atoms with Crippen LogP contribution in [0.15, 0.2) is 55.0 Å². The Hall–Kier alpha value is -3.15. The number of benzene rings is 1. The molecule has 3 N–H and O–H groups in total.